The van der Waals surface area contributed by atoms with Crippen LogP contribution in [0.4, 0.5) is 52.7 Å². The predicted molar refractivity (Wildman–Crippen MR) is 99.4 cm³/mol. The zero-order valence-corrected chi connectivity index (χ0v) is 17.3. The number of ether oxygens (including phenoxy) is 2. The van der Waals surface area contributed by atoms with Gasteiger partial charge in [0.2, 0.25) is 0 Å². The van der Waals surface area contributed by atoms with Gasteiger partial charge in [-0.05, 0) is 42.0 Å². The number of allylic oxidation sites excluding steroid dienone is 1. The van der Waals surface area contributed by atoms with Crippen LogP contribution in [0.25, 0.3) is 6.08 Å². The fourth-order valence-corrected chi connectivity index (χ4v) is 2.62. The Bertz CT molecular complexity index is 1110. The predicted octanol–water partition coefficient (Wildman–Crippen LogP) is 7.50. The van der Waals surface area contributed by atoms with Crippen molar-refractivity contribution in [3.8, 4) is 11.5 Å². The number of alkyl halides is 12. The first-order valence-corrected chi connectivity index (χ1v) is 9.30. The van der Waals surface area contributed by atoms with E-state index < -0.39 is 77.5 Å². The van der Waals surface area contributed by atoms with Crippen molar-refractivity contribution in [2.75, 3.05) is 13.2 Å². The smallest absolute Gasteiger partial charge is 0.422 e. The molecule has 36 heavy (non-hydrogen) atoms. The first kappa shape index (κ1) is 28.8. The lowest BCUT2D eigenvalue weighted by molar-refractivity contribution is -0.154. The number of ketones is 1. The third kappa shape index (κ3) is 8.68. The van der Waals surface area contributed by atoms with Gasteiger partial charge < -0.3 is 9.47 Å². The molecule has 0 N–H and O–H groups in total. The molecular formula is C21H12F12O3. The van der Waals surface area contributed by atoms with Gasteiger partial charge >= 0.3 is 24.7 Å². The molecule has 0 radical (unpaired) electrons. The van der Waals surface area contributed by atoms with E-state index in [1.165, 1.54) is 0 Å². The normalized spacial score (nSPS) is 13.2. The Morgan fingerprint density at radius 1 is 0.722 bits per heavy atom. The van der Waals surface area contributed by atoms with Gasteiger partial charge in [0.05, 0.1) is 16.7 Å². The van der Waals surface area contributed by atoms with Crippen molar-refractivity contribution in [2.24, 2.45) is 0 Å². The van der Waals surface area contributed by atoms with Crippen LogP contribution in [-0.4, -0.2) is 31.3 Å². The molecule has 0 amide bonds. The summed E-state index contributed by atoms with van der Waals surface area (Å²) in [7, 11) is 0. The number of rotatable bonds is 7. The highest BCUT2D eigenvalue weighted by Crippen LogP contribution is 2.38. The van der Waals surface area contributed by atoms with Gasteiger partial charge in [0.25, 0.3) is 0 Å². The van der Waals surface area contributed by atoms with Crippen LogP contribution < -0.4 is 9.47 Å². The fraction of sp³-hybridized carbons (Fsp3) is 0.286. The van der Waals surface area contributed by atoms with E-state index in [2.05, 4.69) is 9.47 Å². The summed E-state index contributed by atoms with van der Waals surface area (Å²) in [5.41, 5.74) is -5.10. The number of halogens is 12. The topological polar surface area (TPSA) is 35.5 Å². The quantitative estimate of drug-likeness (QED) is 0.207. The van der Waals surface area contributed by atoms with Crippen LogP contribution in [0.1, 0.15) is 27.0 Å². The van der Waals surface area contributed by atoms with Crippen LogP contribution in [-0.2, 0) is 12.4 Å². The molecule has 0 aromatic heterocycles. The molecule has 0 atom stereocenters. The second-order valence-corrected chi connectivity index (χ2v) is 6.96. The minimum Gasteiger partial charge on any atom is -0.484 e. The van der Waals surface area contributed by atoms with Crippen molar-refractivity contribution < 1.29 is 67.0 Å². The summed E-state index contributed by atoms with van der Waals surface area (Å²) >= 11 is 0. The highest BCUT2D eigenvalue weighted by atomic mass is 19.4. The highest BCUT2D eigenvalue weighted by molar-refractivity contribution is 6.09. The highest BCUT2D eigenvalue weighted by Gasteiger charge is 2.38. The lowest BCUT2D eigenvalue weighted by atomic mass is 10.0. The molecule has 0 unspecified atom stereocenters. The largest absolute Gasteiger partial charge is 0.484 e. The molecule has 0 aliphatic rings. The van der Waals surface area contributed by atoms with Crippen LogP contribution in [0.5, 0.6) is 11.5 Å². The Labute approximate surface area is 193 Å². The van der Waals surface area contributed by atoms with Gasteiger partial charge in [0, 0.05) is 0 Å². The van der Waals surface area contributed by atoms with Gasteiger partial charge in [-0.3, -0.25) is 4.79 Å². The van der Waals surface area contributed by atoms with E-state index >= 15 is 0 Å². The number of hydrogen-bond acceptors (Lipinski definition) is 3. The summed E-state index contributed by atoms with van der Waals surface area (Å²) in [6, 6.07) is 2.53. The average molecular weight is 540 g/mol. The molecule has 0 saturated heterocycles. The Balaban J connectivity index is 2.45. The third-order valence-corrected chi connectivity index (χ3v) is 4.11. The molecule has 0 aliphatic heterocycles. The van der Waals surface area contributed by atoms with Crippen LogP contribution in [0, 0.1) is 0 Å². The molecule has 0 bridgehead atoms. The summed E-state index contributed by atoms with van der Waals surface area (Å²) in [5.74, 6) is -2.75. The van der Waals surface area contributed by atoms with Gasteiger partial charge in [-0.25, -0.2) is 0 Å². The first-order chi connectivity index (χ1) is 16.3. The maximum atomic E-state index is 13.3. The van der Waals surface area contributed by atoms with Crippen LogP contribution >= 0.6 is 0 Å². The maximum Gasteiger partial charge on any atom is 0.422 e. The molecule has 2 aromatic rings. The second-order valence-electron chi connectivity index (χ2n) is 6.96. The average Bonchev–Trinajstić information content (AvgIpc) is 2.72. The first-order valence-electron chi connectivity index (χ1n) is 9.30. The maximum absolute atomic E-state index is 13.3. The van der Waals surface area contributed by atoms with Gasteiger partial charge in [0.15, 0.2) is 19.0 Å². The molecule has 0 heterocycles. The molecule has 198 valence electrons. The van der Waals surface area contributed by atoms with Gasteiger partial charge in [-0.15, -0.1) is 0 Å². The summed E-state index contributed by atoms with van der Waals surface area (Å²) in [6.45, 7) is -3.75. The van der Waals surface area contributed by atoms with Crippen molar-refractivity contribution in [1.29, 1.82) is 0 Å². The molecule has 0 spiro atoms. The summed E-state index contributed by atoms with van der Waals surface area (Å²) in [4.78, 5) is 12.5. The van der Waals surface area contributed by atoms with Gasteiger partial charge in [-0.1, -0.05) is 12.1 Å². The molecular weight excluding hydrogens is 528 g/mol. The van der Waals surface area contributed by atoms with E-state index in [-0.39, 0.29) is 6.07 Å². The Hall–Kier alpha value is -3.39. The van der Waals surface area contributed by atoms with Crippen molar-refractivity contribution >= 4 is 11.9 Å². The van der Waals surface area contributed by atoms with Crippen LogP contribution in [0.2, 0.25) is 0 Å². The molecule has 2 rings (SSSR count). The van der Waals surface area contributed by atoms with Crippen molar-refractivity contribution in [1.82, 2.24) is 0 Å². The Morgan fingerprint density at radius 3 is 1.83 bits per heavy atom. The van der Waals surface area contributed by atoms with E-state index in [4.69, 9.17) is 0 Å². The van der Waals surface area contributed by atoms with Crippen molar-refractivity contribution in [2.45, 2.75) is 24.7 Å². The molecule has 0 fully saturated rings. The Morgan fingerprint density at radius 2 is 1.31 bits per heavy atom. The zero-order valence-electron chi connectivity index (χ0n) is 17.3. The van der Waals surface area contributed by atoms with Gasteiger partial charge in [0.1, 0.15) is 11.5 Å². The zero-order chi connectivity index (χ0) is 27.5. The van der Waals surface area contributed by atoms with E-state index in [0.717, 1.165) is 6.07 Å². The number of hydrogen-bond donors (Lipinski definition) is 0. The SMILES string of the molecule is O=C(/C=C/c1ccc(C(F)(F)F)cc1C(F)(F)F)c1cc(OCC(F)(F)F)ccc1OCC(F)(F)F. The fourth-order valence-electron chi connectivity index (χ4n) is 2.62. The number of carbonyl (C=O) groups is 1. The lowest BCUT2D eigenvalue weighted by Crippen LogP contribution is -2.21. The van der Waals surface area contributed by atoms with Crippen LogP contribution in [0.3, 0.4) is 0 Å². The molecule has 2 aromatic carbocycles. The lowest BCUT2D eigenvalue weighted by Gasteiger charge is -2.15. The van der Waals surface area contributed by atoms with Gasteiger partial charge in [-0.2, -0.15) is 52.7 Å². The van der Waals surface area contributed by atoms with Crippen molar-refractivity contribution in [3.05, 3.63) is 64.7 Å². The monoisotopic (exact) mass is 540 g/mol. The van der Waals surface area contributed by atoms with E-state index in [0.29, 0.717) is 36.4 Å². The molecule has 0 saturated carbocycles. The standard InChI is InChI=1S/C21H12F12O3/c22-18(23,24)9-35-13-4-6-17(36-10-19(25,26)27)14(8-13)16(34)5-2-11-1-3-12(20(28,29)30)7-15(11)21(31,32)33/h1-8H,9-10H2/b5-2+. The summed E-state index contributed by atoms with van der Waals surface area (Å²) < 4.78 is 161. The van der Waals surface area contributed by atoms with Crippen LogP contribution in [0.15, 0.2) is 42.5 Å². The minimum absolute atomic E-state index is 0.201. The second kappa shape index (κ2) is 10.3. The third-order valence-electron chi connectivity index (χ3n) is 4.11. The Kier molecular flexibility index (Phi) is 8.26. The molecule has 0 aliphatic carbocycles. The summed E-state index contributed by atoms with van der Waals surface area (Å²) in [5, 5.41) is 0. The van der Waals surface area contributed by atoms with E-state index in [9.17, 15) is 57.5 Å². The molecule has 3 nitrogen and oxygen atoms in total. The van der Waals surface area contributed by atoms with E-state index in [1.54, 1.807) is 0 Å². The van der Waals surface area contributed by atoms with Crippen molar-refractivity contribution in [3.63, 3.8) is 0 Å². The summed E-state index contributed by atoms with van der Waals surface area (Å²) in [6.07, 6.45) is -19.3. The minimum atomic E-state index is -5.28. The van der Waals surface area contributed by atoms with E-state index in [1.807, 2.05) is 0 Å². The number of carbonyl (C=O) groups excluding carboxylic acids is 1. The number of benzene rings is 2. The molecule has 15 heteroatoms.